The summed E-state index contributed by atoms with van der Waals surface area (Å²) in [5, 5.41) is 5.78. The third kappa shape index (κ3) is 4.62. The van der Waals surface area contributed by atoms with Gasteiger partial charge in [0.25, 0.3) is 5.91 Å². The third-order valence-corrected chi connectivity index (χ3v) is 4.26. The van der Waals surface area contributed by atoms with Gasteiger partial charge in [0.05, 0.1) is 28.8 Å². The number of halogens is 1. The van der Waals surface area contributed by atoms with E-state index in [9.17, 15) is 9.18 Å². The van der Waals surface area contributed by atoms with Crippen molar-refractivity contribution >= 4 is 23.0 Å². The van der Waals surface area contributed by atoms with Gasteiger partial charge in [-0.15, -0.1) is 0 Å². The normalized spacial score (nSPS) is 10.3. The highest BCUT2D eigenvalue weighted by molar-refractivity contribution is 6.05. The molecule has 1 aromatic heterocycles. The number of hydrogen-bond acceptors (Lipinski definition) is 4. The first-order valence-electron chi connectivity index (χ1n) is 9.29. The fourth-order valence-corrected chi connectivity index (χ4v) is 2.82. The Morgan fingerprint density at radius 1 is 0.833 bits per heavy atom. The summed E-state index contributed by atoms with van der Waals surface area (Å²) in [5.74, 6) is 0.436. The molecule has 1 amide bonds. The number of benzene rings is 3. The molecule has 30 heavy (non-hydrogen) atoms. The zero-order chi connectivity index (χ0) is 20.8. The van der Waals surface area contributed by atoms with Crippen LogP contribution < -0.4 is 15.4 Å². The standard InChI is InChI=1S/C24H18FN3O2/c25-20-10-4-5-11-21(20)27-18-14-17(15-26-16-18)24(29)28-22-12-6-7-13-23(22)30-19-8-2-1-3-9-19/h1-16,27H,(H,28,29). The molecule has 0 fully saturated rings. The highest BCUT2D eigenvalue weighted by atomic mass is 19.1. The number of ether oxygens (including phenoxy) is 1. The highest BCUT2D eigenvalue weighted by Crippen LogP contribution is 2.29. The third-order valence-electron chi connectivity index (χ3n) is 4.26. The first-order valence-corrected chi connectivity index (χ1v) is 9.29. The number of hydrogen-bond donors (Lipinski definition) is 2. The average Bonchev–Trinajstić information content (AvgIpc) is 2.78. The molecule has 3 aromatic carbocycles. The molecule has 0 saturated carbocycles. The Bertz CT molecular complexity index is 1170. The summed E-state index contributed by atoms with van der Waals surface area (Å²) in [4.78, 5) is 16.9. The van der Waals surface area contributed by atoms with Crippen LogP contribution >= 0.6 is 0 Å². The molecule has 0 saturated heterocycles. The van der Waals surface area contributed by atoms with Crippen molar-refractivity contribution in [1.82, 2.24) is 4.98 Å². The van der Waals surface area contributed by atoms with Crippen molar-refractivity contribution in [3.63, 3.8) is 0 Å². The summed E-state index contributed by atoms with van der Waals surface area (Å²) in [7, 11) is 0. The van der Waals surface area contributed by atoms with Gasteiger partial charge in [-0.25, -0.2) is 4.39 Å². The van der Waals surface area contributed by atoms with Crippen molar-refractivity contribution in [3.05, 3.63) is 109 Å². The van der Waals surface area contributed by atoms with Crippen LogP contribution in [0.1, 0.15) is 10.4 Å². The Hall–Kier alpha value is -4.19. The zero-order valence-corrected chi connectivity index (χ0v) is 15.9. The molecule has 0 spiro atoms. The Morgan fingerprint density at radius 3 is 2.33 bits per heavy atom. The molecule has 4 rings (SSSR count). The molecule has 0 aliphatic rings. The maximum atomic E-state index is 13.9. The molecule has 0 atom stereocenters. The molecule has 0 aliphatic carbocycles. The Kier molecular flexibility index (Phi) is 5.66. The number of para-hydroxylation sites is 4. The quantitative estimate of drug-likeness (QED) is 0.417. The number of carbonyl (C=O) groups is 1. The van der Waals surface area contributed by atoms with Gasteiger partial charge >= 0.3 is 0 Å². The fraction of sp³-hybridized carbons (Fsp3) is 0. The van der Waals surface area contributed by atoms with Crippen LogP contribution in [0.3, 0.4) is 0 Å². The number of rotatable bonds is 6. The van der Waals surface area contributed by atoms with Crippen LogP contribution in [0, 0.1) is 5.82 Å². The van der Waals surface area contributed by atoms with Gasteiger partial charge in [-0.05, 0) is 42.5 Å². The van der Waals surface area contributed by atoms with Crippen molar-refractivity contribution in [1.29, 1.82) is 0 Å². The molecule has 6 heteroatoms. The smallest absolute Gasteiger partial charge is 0.257 e. The van der Waals surface area contributed by atoms with Crippen LogP contribution in [-0.4, -0.2) is 10.9 Å². The molecule has 5 nitrogen and oxygen atoms in total. The molecule has 148 valence electrons. The second-order valence-corrected chi connectivity index (χ2v) is 6.43. The van der Waals surface area contributed by atoms with E-state index in [-0.39, 0.29) is 11.7 Å². The predicted octanol–water partition coefficient (Wildman–Crippen LogP) is 6.01. The summed E-state index contributed by atoms with van der Waals surface area (Å²) in [6, 6.07) is 24.4. The Labute approximate surface area is 173 Å². The van der Waals surface area contributed by atoms with Crippen LogP contribution in [-0.2, 0) is 0 Å². The summed E-state index contributed by atoms with van der Waals surface area (Å²) < 4.78 is 19.7. The lowest BCUT2D eigenvalue weighted by Crippen LogP contribution is -2.13. The van der Waals surface area contributed by atoms with Crippen molar-refractivity contribution < 1.29 is 13.9 Å². The number of aromatic nitrogens is 1. The van der Waals surface area contributed by atoms with Gasteiger partial charge in [0.1, 0.15) is 11.6 Å². The maximum absolute atomic E-state index is 13.9. The zero-order valence-electron chi connectivity index (χ0n) is 15.9. The van der Waals surface area contributed by atoms with Crippen LogP contribution in [0.2, 0.25) is 0 Å². The number of amides is 1. The van der Waals surface area contributed by atoms with E-state index in [1.54, 1.807) is 36.4 Å². The minimum atomic E-state index is -0.389. The van der Waals surface area contributed by atoms with E-state index in [1.165, 1.54) is 18.5 Å². The second kappa shape index (κ2) is 8.87. The van der Waals surface area contributed by atoms with E-state index >= 15 is 0 Å². The summed E-state index contributed by atoms with van der Waals surface area (Å²) in [5.41, 5.74) is 1.66. The van der Waals surface area contributed by atoms with Gasteiger partial charge in [-0.3, -0.25) is 9.78 Å². The lowest BCUT2D eigenvalue weighted by Gasteiger charge is -2.13. The molecule has 0 bridgehead atoms. The highest BCUT2D eigenvalue weighted by Gasteiger charge is 2.12. The molecule has 4 aromatic rings. The average molecular weight is 399 g/mol. The molecule has 0 unspecified atom stereocenters. The van der Waals surface area contributed by atoms with Gasteiger partial charge in [-0.2, -0.15) is 0 Å². The number of nitrogens with one attached hydrogen (secondary N) is 2. The second-order valence-electron chi connectivity index (χ2n) is 6.43. The largest absolute Gasteiger partial charge is 0.455 e. The van der Waals surface area contributed by atoms with Crippen LogP contribution in [0.15, 0.2) is 97.3 Å². The lowest BCUT2D eigenvalue weighted by molar-refractivity contribution is 0.102. The first kappa shape index (κ1) is 19.1. The van der Waals surface area contributed by atoms with Crippen LogP contribution in [0.4, 0.5) is 21.5 Å². The van der Waals surface area contributed by atoms with Gasteiger partial charge in [-0.1, -0.05) is 42.5 Å². The lowest BCUT2D eigenvalue weighted by atomic mass is 10.2. The molecular weight excluding hydrogens is 381 g/mol. The van der Waals surface area contributed by atoms with E-state index < -0.39 is 0 Å². The van der Waals surface area contributed by atoms with E-state index in [0.29, 0.717) is 34.1 Å². The summed E-state index contributed by atoms with van der Waals surface area (Å²) in [6.45, 7) is 0. The monoisotopic (exact) mass is 399 g/mol. The minimum Gasteiger partial charge on any atom is -0.455 e. The number of carbonyl (C=O) groups excluding carboxylic acids is 1. The first-order chi connectivity index (χ1) is 14.7. The molecule has 2 N–H and O–H groups in total. The Balaban J connectivity index is 1.52. The van der Waals surface area contributed by atoms with Gasteiger partial charge in [0.15, 0.2) is 5.75 Å². The fourth-order valence-electron chi connectivity index (χ4n) is 2.82. The van der Waals surface area contributed by atoms with Gasteiger partial charge in [0, 0.05) is 6.20 Å². The minimum absolute atomic E-state index is 0.304. The molecule has 1 heterocycles. The van der Waals surface area contributed by atoms with E-state index in [2.05, 4.69) is 15.6 Å². The maximum Gasteiger partial charge on any atom is 0.257 e. The Morgan fingerprint density at radius 2 is 1.53 bits per heavy atom. The molecule has 0 radical (unpaired) electrons. The SMILES string of the molecule is O=C(Nc1ccccc1Oc1ccccc1)c1cncc(Nc2ccccc2F)c1. The van der Waals surface area contributed by atoms with Crippen molar-refractivity contribution in [2.45, 2.75) is 0 Å². The number of pyridine rings is 1. The number of anilines is 3. The van der Waals surface area contributed by atoms with E-state index in [0.717, 1.165) is 0 Å². The van der Waals surface area contributed by atoms with E-state index in [1.807, 2.05) is 42.5 Å². The summed E-state index contributed by atoms with van der Waals surface area (Å²) in [6.07, 6.45) is 2.97. The van der Waals surface area contributed by atoms with Crippen LogP contribution in [0.5, 0.6) is 11.5 Å². The van der Waals surface area contributed by atoms with Crippen molar-refractivity contribution in [2.75, 3.05) is 10.6 Å². The van der Waals surface area contributed by atoms with Gasteiger partial charge in [0.2, 0.25) is 0 Å². The molecule has 0 aliphatic heterocycles. The van der Waals surface area contributed by atoms with E-state index in [4.69, 9.17) is 4.74 Å². The predicted molar refractivity (Wildman–Crippen MR) is 115 cm³/mol. The van der Waals surface area contributed by atoms with Crippen molar-refractivity contribution in [2.24, 2.45) is 0 Å². The summed E-state index contributed by atoms with van der Waals surface area (Å²) >= 11 is 0. The number of nitrogens with zero attached hydrogens (tertiary/aromatic N) is 1. The van der Waals surface area contributed by atoms with Crippen LogP contribution in [0.25, 0.3) is 0 Å². The topological polar surface area (TPSA) is 63.2 Å². The van der Waals surface area contributed by atoms with Gasteiger partial charge < -0.3 is 15.4 Å². The molecular formula is C24H18FN3O2. The van der Waals surface area contributed by atoms with Crippen molar-refractivity contribution in [3.8, 4) is 11.5 Å².